The summed E-state index contributed by atoms with van der Waals surface area (Å²) in [6.07, 6.45) is 10.1. The molecule has 1 spiro atoms. The number of nitrogens with one attached hydrogen (secondary N) is 1. The number of nitrogens with zero attached hydrogens (tertiary/aromatic N) is 1. The van der Waals surface area contributed by atoms with Crippen molar-refractivity contribution in [2.45, 2.75) is 76.9 Å². The molecule has 3 rings (SSSR count). The Kier molecular flexibility index (Phi) is 3.59. The van der Waals surface area contributed by atoms with Crippen LogP contribution in [0.2, 0.25) is 0 Å². The van der Waals surface area contributed by atoms with E-state index in [1.807, 2.05) is 0 Å². The van der Waals surface area contributed by atoms with Gasteiger partial charge in [0.25, 0.3) is 0 Å². The first-order chi connectivity index (χ1) is 9.12. The molecule has 1 atom stereocenters. The normalized spacial score (nSPS) is 29.9. The third-order valence-electron chi connectivity index (χ3n) is 5.23. The van der Waals surface area contributed by atoms with E-state index in [0.29, 0.717) is 11.8 Å². The van der Waals surface area contributed by atoms with E-state index in [1.165, 1.54) is 38.5 Å². The molecular weight excluding hydrogens is 236 g/mol. The van der Waals surface area contributed by atoms with Gasteiger partial charge >= 0.3 is 0 Å². The first-order valence-corrected chi connectivity index (χ1v) is 8.21. The van der Waals surface area contributed by atoms with Crippen molar-refractivity contribution < 1.29 is 4.79 Å². The zero-order valence-corrected chi connectivity index (χ0v) is 12.5. The first-order valence-electron chi connectivity index (χ1n) is 8.21. The molecule has 108 valence electrons. The summed E-state index contributed by atoms with van der Waals surface area (Å²) in [5.41, 5.74) is -0.186. The second-order valence-electron chi connectivity index (χ2n) is 7.21. The van der Waals surface area contributed by atoms with Gasteiger partial charge in [-0.2, -0.15) is 0 Å². The summed E-state index contributed by atoms with van der Waals surface area (Å²) < 4.78 is 0. The van der Waals surface area contributed by atoms with Crippen molar-refractivity contribution in [3.63, 3.8) is 0 Å². The maximum atomic E-state index is 12.8. The maximum Gasteiger partial charge on any atom is 0.244 e. The fourth-order valence-corrected chi connectivity index (χ4v) is 3.88. The zero-order chi connectivity index (χ0) is 13.5. The Hall–Kier alpha value is -0.570. The van der Waals surface area contributed by atoms with Crippen LogP contribution in [0.15, 0.2) is 0 Å². The van der Waals surface area contributed by atoms with Crippen molar-refractivity contribution in [1.82, 2.24) is 10.2 Å². The van der Waals surface area contributed by atoms with Crippen molar-refractivity contribution in [2.24, 2.45) is 11.8 Å². The van der Waals surface area contributed by atoms with Crippen molar-refractivity contribution in [1.29, 1.82) is 0 Å². The molecule has 2 aliphatic carbocycles. The first kappa shape index (κ1) is 13.4. The second-order valence-corrected chi connectivity index (χ2v) is 7.21. The van der Waals surface area contributed by atoms with Crippen molar-refractivity contribution >= 4 is 5.91 Å². The van der Waals surface area contributed by atoms with Crippen LogP contribution in [0.5, 0.6) is 0 Å². The molecule has 0 aromatic carbocycles. The highest BCUT2D eigenvalue weighted by Gasteiger charge is 2.52. The minimum atomic E-state index is -0.186. The summed E-state index contributed by atoms with van der Waals surface area (Å²) in [5, 5.41) is 3.70. The van der Waals surface area contributed by atoms with Crippen LogP contribution in [0, 0.1) is 11.8 Å². The van der Waals surface area contributed by atoms with E-state index >= 15 is 0 Å². The highest BCUT2D eigenvalue weighted by atomic mass is 16.2. The van der Waals surface area contributed by atoms with Crippen LogP contribution >= 0.6 is 0 Å². The van der Waals surface area contributed by atoms with E-state index in [-0.39, 0.29) is 11.7 Å². The zero-order valence-electron chi connectivity index (χ0n) is 12.5. The summed E-state index contributed by atoms with van der Waals surface area (Å²) in [4.78, 5) is 15.0. The van der Waals surface area contributed by atoms with Gasteiger partial charge in [0.05, 0.1) is 11.7 Å². The highest BCUT2D eigenvalue weighted by Crippen LogP contribution is 2.38. The molecule has 0 radical (unpaired) electrons. The quantitative estimate of drug-likeness (QED) is 0.828. The molecule has 3 nitrogen and oxygen atoms in total. The van der Waals surface area contributed by atoms with Crippen molar-refractivity contribution in [3.05, 3.63) is 0 Å². The molecule has 0 bridgehead atoms. The van der Waals surface area contributed by atoms with E-state index in [9.17, 15) is 4.79 Å². The van der Waals surface area contributed by atoms with Crippen LogP contribution in [0.3, 0.4) is 0 Å². The van der Waals surface area contributed by atoms with Crippen LogP contribution in [0.4, 0.5) is 0 Å². The van der Waals surface area contributed by atoms with Gasteiger partial charge < -0.3 is 4.90 Å². The van der Waals surface area contributed by atoms with E-state index in [1.54, 1.807) is 0 Å². The smallest absolute Gasteiger partial charge is 0.244 e. The maximum absolute atomic E-state index is 12.8. The summed E-state index contributed by atoms with van der Waals surface area (Å²) in [5.74, 6) is 1.88. The predicted octanol–water partition coefficient (Wildman–Crippen LogP) is 2.90. The van der Waals surface area contributed by atoms with Crippen LogP contribution in [0.25, 0.3) is 0 Å². The molecule has 1 amide bonds. The summed E-state index contributed by atoms with van der Waals surface area (Å²) in [6, 6.07) is 0. The molecule has 1 saturated heterocycles. The molecule has 1 unspecified atom stereocenters. The molecule has 2 saturated carbocycles. The molecule has 3 heteroatoms. The Bertz CT molecular complexity index is 343. The van der Waals surface area contributed by atoms with Crippen LogP contribution < -0.4 is 5.32 Å². The fourth-order valence-electron chi connectivity index (χ4n) is 3.88. The molecule has 3 fully saturated rings. The van der Waals surface area contributed by atoms with Crippen molar-refractivity contribution in [2.75, 3.05) is 6.54 Å². The number of hydrogen-bond acceptors (Lipinski definition) is 2. The molecule has 19 heavy (non-hydrogen) atoms. The number of rotatable bonds is 5. The van der Waals surface area contributed by atoms with Crippen LogP contribution in [-0.4, -0.2) is 29.1 Å². The molecule has 3 aliphatic rings. The Morgan fingerprint density at radius 1 is 1.32 bits per heavy atom. The Morgan fingerprint density at radius 3 is 2.58 bits per heavy atom. The van der Waals surface area contributed by atoms with Gasteiger partial charge in [0.2, 0.25) is 5.91 Å². The lowest BCUT2D eigenvalue weighted by molar-refractivity contribution is -0.133. The van der Waals surface area contributed by atoms with E-state index < -0.39 is 0 Å². The molecular formula is C16H28N2O. The minimum Gasteiger partial charge on any atom is -0.325 e. The van der Waals surface area contributed by atoms with Gasteiger partial charge in [-0.25, -0.2) is 0 Å². The van der Waals surface area contributed by atoms with E-state index in [0.717, 1.165) is 25.3 Å². The second kappa shape index (κ2) is 5.08. The standard InChI is InChI=1S/C16H28N2O/c1-12(2)14-17-16(9-3-4-10-16)15(19)18(14)11-5-6-13-7-8-13/h12-14,17H,3-11H2,1-2H3. The Balaban J connectivity index is 1.65. The molecule has 0 aromatic rings. The lowest BCUT2D eigenvalue weighted by Crippen LogP contribution is -2.45. The third kappa shape index (κ3) is 2.54. The van der Waals surface area contributed by atoms with E-state index in [4.69, 9.17) is 0 Å². The SMILES string of the molecule is CC(C)C1NC2(CCCC2)C(=O)N1CCCC1CC1. The summed E-state index contributed by atoms with van der Waals surface area (Å²) in [7, 11) is 0. The van der Waals surface area contributed by atoms with Gasteiger partial charge in [0.1, 0.15) is 0 Å². The highest BCUT2D eigenvalue weighted by molar-refractivity contribution is 5.89. The molecule has 0 aromatic heterocycles. The molecule has 1 N–H and O–H groups in total. The topological polar surface area (TPSA) is 32.3 Å². The van der Waals surface area contributed by atoms with Gasteiger partial charge in [-0.3, -0.25) is 10.1 Å². The molecule has 1 aliphatic heterocycles. The third-order valence-corrected chi connectivity index (χ3v) is 5.23. The van der Waals surface area contributed by atoms with Crippen LogP contribution in [0.1, 0.15) is 65.2 Å². The lowest BCUT2D eigenvalue weighted by atomic mass is 9.98. The van der Waals surface area contributed by atoms with Gasteiger partial charge in [0.15, 0.2) is 0 Å². The average molecular weight is 264 g/mol. The number of hydrogen-bond donors (Lipinski definition) is 1. The average Bonchev–Trinajstić information content (AvgIpc) is 3.01. The predicted molar refractivity (Wildman–Crippen MR) is 76.6 cm³/mol. The van der Waals surface area contributed by atoms with Gasteiger partial charge in [0, 0.05) is 6.54 Å². The van der Waals surface area contributed by atoms with Gasteiger partial charge in [-0.05, 0) is 37.5 Å². The summed E-state index contributed by atoms with van der Waals surface area (Å²) >= 11 is 0. The number of carbonyl (C=O) groups excluding carboxylic acids is 1. The Morgan fingerprint density at radius 2 is 2.00 bits per heavy atom. The Labute approximate surface area is 117 Å². The van der Waals surface area contributed by atoms with Gasteiger partial charge in [-0.15, -0.1) is 0 Å². The summed E-state index contributed by atoms with van der Waals surface area (Å²) in [6.45, 7) is 5.42. The van der Waals surface area contributed by atoms with Crippen LogP contribution in [-0.2, 0) is 4.79 Å². The van der Waals surface area contributed by atoms with E-state index in [2.05, 4.69) is 24.1 Å². The van der Waals surface area contributed by atoms with Crippen molar-refractivity contribution in [3.8, 4) is 0 Å². The van der Waals surface area contributed by atoms with Gasteiger partial charge in [-0.1, -0.05) is 39.5 Å². The molecule has 1 heterocycles. The minimum absolute atomic E-state index is 0.186. The fraction of sp³-hybridized carbons (Fsp3) is 0.938. The monoisotopic (exact) mass is 264 g/mol. The lowest BCUT2D eigenvalue weighted by Gasteiger charge is -2.27. The number of carbonyl (C=O) groups is 1. The number of amides is 1. The largest absolute Gasteiger partial charge is 0.325 e.